The minimum Gasteiger partial charge on any atom is -0.462 e. The number of pyridine rings is 1. The predicted molar refractivity (Wildman–Crippen MR) is 108 cm³/mol. The lowest BCUT2D eigenvalue weighted by molar-refractivity contribution is -0.113. The molecule has 0 aliphatic carbocycles. The first-order chi connectivity index (χ1) is 12.8. The van der Waals surface area contributed by atoms with E-state index in [9.17, 15) is 14.9 Å². The SMILES string of the molecule is CCOC(=O)c1c(NC(=O)CSc2nc(C)cc(C)c2C#N)sc(C)c1C. The van der Waals surface area contributed by atoms with E-state index in [1.54, 1.807) is 6.92 Å². The third kappa shape index (κ3) is 4.87. The number of carbonyl (C=O) groups is 2. The lowest BCUT2D eigenvalue weighted by atomic mass is 10.1. The Labute approximate surface area is 167 Å². The summed E-state index contributed by atoms with van der Waals surface area (Å²) in [5.41, 5.74) is 3.32. The van der Waals surface area contributed by atoms with Crippen molar-refractivity contribution < 1.29 is 14.3 Å². The number of nitrogens with zero attached hydrogens (tertiary/aromatic N) is 2. The molecule has 1 N–H and O–H groups in total. The summed E-state index contributed by atoms with van der Waals surface area (Å²) in [5, 5.41) is 13.1. The molecule has 0 aliphatic heterocycles. The zero-order valence-corrected chi connectivity index (χ0v) is 17.6. The Balaban J connectivity index is 2.15. The van der Waals surface area contributed by atoms with Crippen LogP contribution in [0.1, 0.15) is 44.5 Å². The highest BCUT2D eigenvalue weighted by molar-refractivity contribution is 8.00. The molecule has 0 saturated heterocycles. The van der Waals surface area contributed by atoms with Gasteiger partial charge in [-0.1, -0.05) is 11.8 Å². The highest BCUT2D eigenvalue weighted by atomic mass is 32.2. The number of esters is 1. The van der Waals surface area contributed by atoms with Crippen LogP contribution in [0.2, 0.25) is 0 Å². The second-order valence-corrected chi connectivity index (χ2v) is 8.11. The summed E-state index contributed by atoms with van der Waals surface area (Å²) in [7, 11) is 0. The average molecular weight is 404 g/mol. The predicted octanol–water partition coefficient (Wildman–Crippen LogP) is 4.16. The van der Waals surface area contributed by atoms with Crippen molar-refractivity contribution in [1.29, 1.82) is 5.26 Å². The summed E-state index contributed by atoms with van der Waals surface area (Å²) >= 11 is 2.55. The zero-order chi connectivity index (χ0) is 20.1. The van der Waals surface area contributed by atoms with E-state index in [0.29, 0.717) is 21.2 Å². The molecule has 0 aromatic carbocycles. The summed E-state index contributed by atoms with van der Waals surface area (Å²) in [6.07, 6.45) is 0. The summed E-state index contributed by atoms with van der Waals surface area (Å²) in [4.78, 5) is 29.9. The molecule has 0 saturated carbocycles. The summed E-state index contributed by atoms with van der Waals surface area (Å²) in [6.45, 7) is 9.44. The molecule has 6 nitrogen and oxygen atoms in total. The Morgan fingerprint density at radius 2 is 2.04 bits per heavy atom. The molecule has 8 heteroatoms. The number of thiophene rings is 1. The topological polar surface area (TPSA) is 92.1 Å². The largest absolute Gasteiger partial charge is 0.462 e. The van der Waals surface area contributed by atoms with Crippen LogP contribution in [0.4, 0.5) is 5.00 Å². The molecule has 2 heterocycles. The van der Waals surface area contributed by atoms with Gasteiger partial charge in [0.05, 0.1) is 23.5 Å². The summed E-state index contributed by atoms with van der Waals surface area (Å²) in [5.74, 6) is -0.621. The molecule has 0 atom stereocenters. The normalized spacial score (nSPS) is 10.4. The van der Waals surface area contributed by atoms with Gasteiger partial charge in [-0.2, -0.15) is 5.26 Å². The van der Waals surface area contributed by atoms with Crippen LogP contribution in [0, 0.1) is 39.0 Å². The first kappa shape index (κ1) is 20.9. The second-order valence-electron chi connectivity index (χ2n) is 5.92. The Bertz CT molecular complexity index is 929. The number of hydrogen-bond donors (Lipinski definition) is 1. The van der Waals surface area contributed by atoms with Gasteiger partial charge in [0, 0.05) is 10.6 Å². The lowest BCUT2D eigenvalue weighted by Gasteiger charge is -2.09. The molecule has 2 rings (SSSR count). The molecule has 2 aromatic rings. The Hall–Kier alpha value is -2.37. The Morgan fingerprint density at radius 1 is 1.33 bits per heavy atom. The van der Waals surface area contributed by atoms with Crippen LogP contribution in [-0.4, -0.2) is 29.2 Å². The zero-order valence-electron chi connectivity index (χ0n) is 15.9. The molecule has 0 unspecified atom stereocenters. The summed E-state index contributed by atoms with van der Waals surface area (Å²) < 4.78 is 5.10. The van der Waals surface area contributed by atoms with Gasteiger partial charge in [0.1, 0.15) is 16.1 Å². The van der Waals surface area contributed by atoms with Crippen LogP contribution in [0.5, 0.6) is 0 Å². The number of nitrogens with one attached hydrogen (secondary N) is 1. The molecule has 0 spiro atoms. The molecule has 0 fully saturated rings. The van der Waals surface area contributed by atoms with Crippen molar-refractivity contribution in [2.75, 3.05) is 17.7 Å². The molecular weight excluding hydrogens is 382 g/mol. The molecule has 27 heavy (non-hydrogen) atoms. The maximum Gasteiger partial charge on any atom is 0.341 e. The number of hydrogen-bond acceptors (Lipinski definition) is 7. The number of anilines is 1. The van der Waals surface area contributed by atoms with Crippen molar-refractivity contribution in [3.63, 3.8) is 0 Å². The molecule has 1 amide bonds. The van der Waals surface area contributed by atoms with Crippen molar-refractivity contribution >= 4 is 40.0 Å². The fourth-order valence-electron chi connectivity index (χ4n) is 2.50. The number of nitriles is 1. The number of rotatable bonds is 6. The standard InChI is InChI=1S/C19H21N3O3S2/c1-6-25-19(24)16-12(4)13(5)27-18(16)22-15(23)9-26-17-14(8-20)10(2)7-11(3)21-17/h7H,6,9H2,1-5H3,(H,22,23). The molecule has 0 aliphatic rings. The van der Waals surface area contributed by atoms with E-state index in [0.717, 1.165) is 21.7 Å². The first-order valence-corrected chi connectivity index (χ1v) is 10.2. The van der Waals surface area contributed by atoms with Crippen molar-refractivity contribution in [1.82, 2.24) is 4.98 Å². The molecule has 0 radical (unpaired) electrons. The van der Waals surface area contributed by atoms with Crippen molar-refractivity contribution in [2.45, 2.75) is 39.6 Å². The van der Waals surface area contributed by atoms with E-state index >= 15 is 0 Å². The van der Waals surface area contributed by atoms with Gasteiger partial charge in [-0.3, -0.25) is 4.79 Å². The number of aromatic nitrogens is 1. The van der Waals surface area contributed by atoms with Gasteiger partial charge in [0.25, 0.3) is 0 Å². The number of ether oxygens (including phenoxy) is 1. The Kier molecular flexibility index (Phi) is 6.99. The van der Waals surface area contributed by atoms with Crippen LogP contribution in [0.25, 0.3) is 0 Å². The minimum atomic E-state index is -0.440. The maximum atomic E-state index is 12.4. The van der Waals surface area contributed by atoms with E-state index < -0.39 is 5.97 Å². The fourth-order valence-corrected chi connectivity index (χ4v) is 4.47. The number of amides is 1. The number of aryl methyl sites for hydroxylation is 3. The monoisotopic (exact) mass is 403 g/mol. The van der Waals surface area contributed by atoms with Gasteiger partial charge >= 0.3 is 5.97 Å². The van der Waals surface area contributed by atoms with E-state index in [2.05, 4.69) is 16.4 Å². The maximum absolute atomic E-state index is 12.4. The van der Waals surface area contributed by atoms with Gasteiger partial charge in [0.15, 0.2) is 0 Å². The minimum absolute atomic E-state index is 0.0861. The van der Waals surface area contributed by atoms with Crippen molar-refractivity contribution in [2.24, 2.45) is 0 Å². The number of thioether (sulfide) groups is 1. The van der Waals surface area contributed by atoms with Gasteiger partial charge in [-0.25, -0.2) is 9.78 Å². The van der Waals surface area contributed by atoms with Crippen LogP contribution >= 0.6 is 23.1 Å². The first-order valence-electron chi connectivity index (χ1n) is 8.36. The Morgan fingerprint density at radius 3 is 2.67 bits per heavy atom. The molecular formula is C19H21N3O3S2. The smallest absolute Gasteiger partial charge is 0.341 e. The summed E-state index contributed by atoms with van der Waals surface area (Å²) in [6, 6.07) is 3.98. The number of carbonyl (C=O) groups excluding carboxylic acids is 2. The van der Waals surface area contributed by atoms with E-state index in [1.807, 2.05) is 33.8 Å². The second kappa shape index (κ2) is 9.02. The molecule has 142 valence electrons. The highest BCUT2D eigenvalue weighted by Gasteiger charge is 2.22. The van der Waals surface area contributed by atoms with E-state index in [-0.39, 0.29) is 18.3 Å². The van der Waals surface area contributed by atoms with Crippen LogP contribution < -0.4 is 5.32 Å². The molecule has 0 bridgehead atoms. The molecule has 2 aromatic heterocycles. The van der Waals surface area contributed by atoms with Crippen LogP contribution in [-0.2, 0) is 9.53 Å². The van der Waals surface area contributed by atoms with Gasteiger partial charge in [-0.15, -0.1) is 11.3 Å². The van der Waals surface area contributed by atoms with Gasteiger partial charge in [-0.05, 0) is 51.8 Å². The van der Waals surface area contributed by atoms with Crippen molar-refractivity contribution in [3.8, 4) is 6.07 Å². The van der Waals surface area contributed by atoms with E-state index in [1.165, 1.54) is 23.1 Å². The quantitative estimate of drug-likeness (QED) is 0.575. The van der Waals surface area contributed by atoms with E-state index in [4.69, 9.17) is 4.74 Å². The fraction of sp³-hybridized carbons (Fsp3) is 0.368. The average Bonchev–Trinajstić information content (AvgIpc) is 2.86. The van der Waals surface area contributed by atoms with Crippen LogP contribution in [0.3, 0.4) is 0 Å². The highest BCUT2D eigenvalue weighted by Crippen LogP contribution is 2.33. The van der Waals surface area contributed by atoms with Gasteiger partial charge in [0.2, 0.25) is 5.91 Å². The van der Waals surface area contributed by atoms with Crippen LogP contribution in [0.15, 0.2) is 11.1 Å². The van der Waals surface area contributed by atoms with Gasteiger partial charge < -0.3 is 10.1 Å². The van der Waals surface area contributed by atoms with Crippen molar-refractivity contribution in [3.05, 3.63) is 38.9 Å². The third-order valence-corrected chi connectivity index (χ3v) is 5.98. The third-order valence-electron chi connectivity index (χ3n) is 3.88. The lowest BCUT2D eigenvalue weighted by Crippen LogP contribution is -2.16.